The van der Waals surface area contributed by atoms with Crippen molar-refractivity contribution in [3.8, 4) is 0 Å². The van der Waals surface area contributed by atoms with Crippen LogP contribution in [-0.4, -0.2) is 30.3 Å². The van der Waals surface area contributed by atoms with Crippen molar-refractivity contribution >= 4 is 23.4 Å². The number of amides is 3. The van der Waals surface area contributed by atoms with Gasteiger partial charge in [-0.2, -0.15) is 0 Å². The summed E-state index contributed by atoms with van der Waals surface area (Å²) >= 11 is 0. The van der Waals surface area contributed by atoms with Gasteiger partial charge in [-0.3, -0.25) is 19.3 Å². The van der Waals surface area contributed by atoms with Gasteiger partial charge in [0.25, 0.3) is 5.91 Å². The average Bonchev–Trinajstić information content (AvgIpc) is 3.61. The highest BCUT2D eigenvalue weighted by Gasteiger charge is 2.35. The monoisotopic (exact) mass is 491 g/mol. The van der Waals surface area contributed by atoms with Crippen molar-refractivity contribution in [3.63, 3.8) is 0 Å². The number of hydrogen-bond donors (Lipinski definition) is 2. The van der Waals surface area contributed by atoms with Gasteiger partial charge in [-0.1, -0.05) is 50.1 Å². The zero-order chi connectivity index (χ0) is 25.5. The minimum Gasteiger partial charge on any atom is -0.459 e. The zero-order valence-electron chi connectivity index (χ0n) is 20.2. The molecule has 3 amide bonds. The Hall–Kier alpha value is -3.94. The topological polar surface area (TPSA) is 91.7 Å². The Morgan fingerprint density at radius 2 is 1.75 bits per heavy atom. The third kappa shape index (κ3) is 5.82. The van der Waals surface area contributed by atoms with Crippen molar-refractivity contribution in [3.05, 3.63) is 89.6 Å². The lowest BCUT2D eigenvalue weighted by atomic mass is 10.00. The van der Waals surface area contributed by atoms with E-state index in [1.807, 2.05) is 19.1 Å². The molecular weight excluding hydrogens is 461 g/mol. The maximum absolute atomic E-state index is 13.8. The van der Waals surface area contributed by atoms with Gasteiger partial charge in [-0.15, -0.1) is 0 Å². The van der Waals surface area contributed by atoms with Crippen LogP contribution in [-0.2, 0) is 16.0 Å². The number of carbonyl (C=O) groups is 3. The largest absolute Gasteiger partial charge is 0.459 e. The number of hydrogen-bond acceptors (Lipinski definition) is 4. The van der Waals surface area contributed by atoms with E-state index in [0.29, 0.717) is 17.7 Å². The second-order valence-corrected chi connectivity index (χ2v) is 8.85. The van der Waals surface area contributed by atoms with E-state index < -0.39 is 23.7 Å². The van der Waals surface area contributed by atoms with Crippen LogP contribution in [0.2, 0.25) is 0 Å². The Morgan fingerprint density at radius 1 is 1.03 bits per heavy atom. The molecule has 0 bridgehead atoms. The molecular formula is C28H30FN3O4. The summed E-state index contributed by atoms with van der Waals surface area (Å²) in [5.41, 5.74) is 1.90. The number of nitrogens with zero attached hydrogens (tertiary/aromatic N) is 1. The van der Waals surface area contributed by atoms with E-state index in [1.165, 1.54) is 41.5 Å². The van der Waals surface area contributed by atoms with E-state index in [9.17, 15) is 18.8 Å². The molecule has 1 saturated carbocycles. The van der Waals surface area contributed by atoms with Crippen molar-refractivity contribution in [2.75, 3.05) is 11.4 Å². The number of furan rings is 1. The average molecular weight is 492 g/mol. The maximum Gasteiger partial charge on any atom is 0.287 e. The molecule has 2 N–H and O–H groups in total. The van der Waals surface area contributed by atoms with Crippen LogP contribution in [0.3, 0.4) is 0 Å². The van der Waals surface area contributed by atoms with Gasteiger partial charge in [-0.05, 0) is 60.7 Å². The Kier molecular flexibility index (Phi) is 8.15. The van der Waals surface area contributed by atoms with Crippen molar-refractivity contribution in [2.24, 2.45) is 0 Å². The Balaban J connectivity index is 1.72. The third-order valence-electron chi connectivity index (χ3n) is 6.44. The summed E-state index contributed by atoms with van der Waals surface area (Å²) in [7, 11) is 0. The van der Waals surface area contributed by atoms with E-state index in [2.05, 4.69) is 10.6 Å². The summed E-state index contributed by atoms with van der Waals surface area (Å²) < 4.78 is 18.9. The molecule has 1 aromatic heterocycles. The van der Waals surface area contributed by atoms with Crippen LogP contribution in [0.25, 0.3) is 0 Å². The molecule has 36 heavy (non-hydrogen) atoms. The number of benzene rings is 2. The standard InChI is InChI=1S/C28H30FN3O4/c1-2-19-8-3-6-11-23(19)32(25(33)18-30-27(34)24-12-7-17-36-24)26(20-13-15-21(29)16-14-20)28(35)31-22-9-4-5-10-22/h3,6-8,11-17,22,26H,2,4-5,9-10,18H2,1H3,(H,30,34)(H,31,35). The van der Waals surface area contributed by atoms with E-state index in [-0.39, 0.29) is 24.3 Å². The molecule has 1 heterocycles. The summed E-state index contributed by atoms with van der Waals surface area (Å²) in [6.45, 7) is 1.61. The first kappa shape index (κ1) is 25.2. The molecule has 2 aromatic carbocycles. The third-order valence-corrected chi connectivity index (χ3v) is 6.44. The normalized spacial score (nSPS) is 14.3. The predicted octanol–water partition coefficient (Wildman–Crippen LogP) is 4.54. The molecule has 1 unspecified atom stereocenters. The van der Waals surface area contributed by atoms with Crippen LogP contribution in [0.15, 0.2) is 71.3 Å². The predicted molar refractivity (Wildman–Crippen MR) is 134 cm³/mol. The molecule has 0 spiro atoms. The van der Waals surface area contributed by atoms with Gasteiger partial charge in [-0.25, -0.2) is 4.39 Å². The van der Waals surface area contributed by atoms with Gasteiger partial charge >= 0.3 is 0 Å². The summed E-state index contributed by atoms with van der Waals surface area (Å²) in [6, 6.07) is 15.0. The van der Waals surface area contributed by atoms with Crippen molar-refractivity contribution in [2.45, 2.75) is 51.1 Å². The molecule has 1 fully saturated rings. The minimum atomic E-state index is -1.05. The molecule has 8 heteroatoms. The summed E-state index contributed by atoms with van der Waals surface area (Å²) in [6.07, 6.45) is 5.82. The molecule has 1 aliphatic carbocycles. The highest BCUT2D eigenvalue weighted by Crippen LogP contribution is 2.32. The summed E-state index contributed by atoms with van der Waals surface area (Å²) in [4.78, 5) is 41.3. The fraction of sp³-hybridized carbons (Fsp3) is 0.321. The lowest BCUT2D eigenvalue weighted by Crippen LogP contribution is -2.49. The molecule has 0 aliphatic heterocycles. The number of para-hydroxylation sites is 1. The number of anilines is 1. The zero-order valence-corrected chi connectivity index (χ0v) is 20.2. The molecule has 7 nitrogen and oxygen atoms in total. The van der Waals surface area contributed by atoms with Gasteiger partial charge in [0.1, 0.15) is 11.9 Å². The van der Waals surface area contributed by atoms with Crippen LogP contribution in [0.5, 0.6) is 0 Å². The highest BCUT2D eigenvalue weighted by molar-refractivity contribution is 6.04. The molecule has 1 atom stereocenters. The van der Waals surface area contributed by atoms with Crippen LogP contribution < -0.4 is 15.5 Å². The highest BCUT2D eigenvalue weighted by atomic mass is 19.1. The first-order valence-corrected chi connectivity index (χ1v) is 12.3. The number of rotatable bonds is 9. The SMILES string of the molecule is CCc1ccccc1N(C(=O)CNC(=O)c1ccco1)C(C(=O)NC1CCCC1)c1ccc(F)cc1. The number of halogens is 1. The van der Waals surface area contributed by atoms with Crippen LogP contribution in [0.1, 0.15) is 60.3 Å². The van der Waals surface area contributed by atoms with E-state index in [1.54, 1.807) is 18.2 Å². The molecule has 0 saturated heterocycles. The number of carbonyl (C=O) groups excluding carboxylic acids is 3. The second kappa shape index (κ2) is 11.7. The second-order valence-electron chi connectivity index (χ2n) is 8.85. The number of aryl methyl sites for hydroxylation is 1. The lowest BCUT2D eigenvalue weighted by molar-refractivity contribution is -0.126. The van der Waals surface area contributed by atoms with Crippen LogP contribution in [0.4, 0.5) is 10.1 Å². The van der Waals surface area contributed by atoms with Crippen molar-refractivity contribution in [1.29, 1.82) is 0 Å². The van der Waals surface area contributed by atoms with Gasteiger partial charge in [0, 0.05) is 11.7 Å². The van der Waals surface area contributed by atoms with Crippen molar-refractivity contribution in [1.82, 2.24) is 10.6 Å². The molecule has 188 valence electrons. The Bertz CT molecular complexity index is 1190. The van der Waals surface area contributed by atoms with Crippen LogP contribution in [0, 0.1) is 5.82 Å². The molecule has 4 rings (SSSR count). The summed E-state index contributed by atoms with van der Waals surface area (Å²) in [5.74, 6) is -1.72. The van der Waals surface area contributed by atoms with Gasteiger partial charge < -0.3 is 15.1 Å². The van der Waals surface area contributed by atoms with E-state index in [0.717, 1.165) is 31.2 Å². The summed E-state index contributed by atoms with van der Waals surface area (Å²) in [5, 5.41) is 5.68. The van der Waals surface area contributed by atoms with E-state index in [4.69, 9.17) is 4.42 Å². The van der Waals surface area contributed by atoms with Gasteiger partial charge in [0.2, 0.25) is 11.8 Å². The van der Waals surface area contributed by atoms with Crippen molar-refractivity contribution < 1.29 is 23.2 Å². The molecule has 1 aliphatic rings. The Labute approximate surface area is 209 Å². The quantitative estimate of drug-likeness (QED) is 0.460. The van der Waals surface area contributed by atoms with Crippen LogP contribution >= 0.6 is 0 Å². The molecule has 3 aromatic rings. The number of nitrogens with one attached hydrogen (secondary N) is 2. The Morgan fingerprint density at radius 3 is 2.42 bits per heavy atom. The smallest absolute Gasteiger partial charge is 0.287 e. The maximum atomic E-state index is 13.8. The van der Waals surface area contributed by atoms with Gasteiger partial charge in [0.15, 0.2) is 5.76 Å². The minimum absolute atomic E-state index is 0.0254. The lowest BCUT2D eigenvalue weighted by Gasteiger charge is -2.33. The van der Waals surface area contributed by atoms with Gasteiger partial charge in [0.05, 0.1) is 12.8 Å². The first-order chi connectivity index (χ1) is 17.5. The van der Waals surface area contributed by atoms with E-state index >= 15 is 0 Å². The molecule has 0 radical (unpaired) electrons. The fourth-order valence-electron chi connectivity index (χ4n) is 4.61. The fourth-order valence-corrected chi connectivity index (χ4v) is 4.61. The first-order valence-electron chi connectivity index (χ1n) is 12.3.